The Hall–Kier alpha value is -1.36. The number of fused-ring (bicyclic) bond motifs is 1. The van der Waals surface area contributed by atoms with Crippen molar-refractivity contribution in [2.45, 2.75) is 20.8 Å². The molecule has 0 saturated heterocycles. The lowest BCUT2D eigenvalue weighted by Gasteiger charge is -2.16. The smallest absolute Gasteiger partial charge is 0.274 e. The van der Waals surface area contributed by atoms with E-state index in [0.29, 0.717) is 5.69 Å². The minimum atomic E-state index is 0.0125. The highest BCUT2D eigenvalue weighted by Gasteiger charge is 2.16. The van der Waals surface area contributed by atoms with Crippen LogP contribution in [0.4, 0.5) is 0 Å². The van der Waals surface area contributed by atoms with Crippen LogP contribution in [0.5, 0.6) is 0 Å². The van der Waals surface area contributed by atoms with Gasteiger partial charge in [0.05, 0.1) is 0 Å². The molecule has 16 heavy (non-hydrogen) atoms. The van der Waals surface area contributed by atoms with Crippen LogP contribution in [0.15, 0.2) is 12.4 Å². The third-order valence-corrected chi connectivity index (χ3v) is 3.45. The molecule has 86 valence electrons. The molecule has 0 saturated carbocycles. The van der Waals surface area contributed by atoms with Crippen molar-refractivity contribution in [3.63, 3.8) is 0 Å². The minimum absolute atomic E-state index is 0.0125. The molecule has 2 heterocycles. The second kappa shape index (κ2) is 4.25. The quantitative estimate of drug-likeness (QED) is 0.820. The Kier molecular flexibility index (Phi) is 2.96. The summed E-state index contributed by atoms with van der Waals surface area (Å²) >= 11 is 1.60. The average molecular weight is 237 g/mol. The molecule has 5 heteroatoms. The topological polar surface area (TPSA) is 37.6 Å². The van der Waals surface area contributed by atoms with E-state index in [1.807, 2.05) is 31.4 Å². The predicted molar refractivity (Wildman–Crippen MR) is 65.1 cm³/mol. The first-order valence-electron chi connectivity index (χ1n) is 5.40. The number of imidazole rings is 1. The number of carbonyl (C=O) groups excluding carboxylic acids is 1. The van der Waals surface area contributed by atoms with Crippen LogP contribution in [0.25, 0.3) is 4.96 Å². The summed E-state index contributed by atoms with van der Waals surface area (Å²) in [7, 11) is 0. The van der Waals surface area contributed by atoms with Crippen LogP contribution in [0.1, 0.15) is 29.2 Å². The van der Waals surface area contributed by atoms with Crippen molar-refractivity contribution in [1.82, 2.24) is 14.3 Å². The fraction of sp³-hybridized carbons (Fsp3) is 0.455. The van der Waals surface area contributed by atoms with Crippen LogP contribution < -0.4 is 0 Å². The summed E-state index contributed by atoms with van der Waals surface area (Å²) in [5.41, 5.74) is 0.537. The lowest BCUT2D eigenvalue weighted by Crippen LogP contribution is -2.30. The maximum Gasteiger partial charge on any atom is 0.274 e. The van der Waals surface area contributed by atoms with Crippen LogP contribution >= 0.6 is 11.3 Å². The van der Waals surface area contributed by atoms with E-state index in [-0.39, 0.29) is 5.91 Å². The number of hydrogen-bond acceptors (Lipinski definition) is 3. The number of thiazole rings is 1. The molecule has 0 fully saturated rings. The largest absolute Gasteiger partial charge is 0.338 e. The Morgan fingerprint density at radius 1 is 1.44 bits per heavy atom. The Labute approximate surface area is 98.5 Å². The Morgan fingerprint density at radius 2 is 2.12 bits per heavy atom. The van der Waals surface area contributed by atoms with Crippen molar-refractivity contribution in [3.8, 4) is 0 Å². The van der Waals surface area contributed by atoms with Gasteiger partial charge < -0.3 is 4.90 Å². The van der Waals surface area contributed by atoms with Crippen molar-refractivity contribution in [1.29, 1.82) is 0 Å². The van der Waals surface area contributed by atoms with E-state index in [9.17, 15) is 4.79 Å². The Morgan fingerprint density at radius 3 is 2.69 bits per heavy atom. The summed E-state index contributed by atoms with van der Waals surface area (Å²) in [6.07, 6.45) is 3.80. The number of nitrogens with zero attached hydrogens (tertiary/aromatic N) is 3. The molecule has 0 aliphatic carbocycles. The number of amides is 1. The van der Waals surface area contributed by atoms with Gasteiger partial charge in [-0.1, -0.05) is 0 Å². The van der Waals surface area contributed by atoms with Crippen molar-refractivity contribution >= 4 is 22.2 Å². The number of rotatable bonds is 3. The van der Waals surface area contributed by atoms with Crippen molar-refractivity contribution in [2.24, 2.45) is 0 Å². The molecule has 0 aromatic carbocycles. The zero-order chi connectivity index (χ0) is 11.7. The second-order valence-corrected chi connectivity index (χ2v) is 4.85. The predicted octanol–water partition coefficient (Wildman–Crippen LogP) is 2.19. The maximum atomic E-state index is 12.0. The zero-order valence-electron chi connectivity index (χ0n) is 9.73. The molecule has 0 aliphatic rings. The minimum Gasteiger partial charge on any atom is -0.338 e. The van der Waals surface area contributed by atoms with Gasteiger partial charge >= 0.3 is 0 Å². The van der Waals surface area contributed by atoms with Gasteiger partial charge in [-0.3, -0.25) is 9.20 Å². The third-order valence-electron chi connectivity index (χ3n) is 2.54. The molecule has 0 N–H and O–H groups in total. The summed E-state index contributed by atoms with van der Waals surface area (Å²) in [4.78, 5) is 20.2. The van der Waals surface area contributed by atoms with Crippen molar-refractivity contribution in [3.05, 3.63) is 23.0 Å². The summed E-state index contributed by atoms with van der Waals surface area (Å²) in [6.45, 7) is 7.43. The fourth-order valence-electron chi connectivity index (χ4n) is 1.69. The summed E-state index contributed by atoms with van der Waals surface area (Å²) in [6, 6.07) is 0. The number of carbonyl (C=O) groups is 1. The van der Waals surface area contributed by atoms with E-state index in [1.54, 1.807) is 22.4 Å². The molecule has 2 aromatic heterocycles. The molecule has 0 spiro atoms. The van der Waals surface area contributed by atoms with E-state index in [4.69, 9.17) is 0 Å². The third kappa shape index (κ3) is 1.82. The molecule has 0 atom stereocenters. The highest BCUT2D eigenvalue weighted by Crippen LogP contribution is 2.17. The molecular formula is C11H15N3OS. The SMILES string of the molecule is CCN(CC)C(=O)c1cn2cc(C)sc2n1. The maximum absolute atomic E-state index is 12.0. The van der Waals surface area contributed by atoms with Gasteiger partial charge in [0.2, 0.25) is 0 Å². The van der Waals surface area contributed by atoms with E-state index in [0.717, 1.165) is 18.1 Å². The number of aromatic nitrogens is 2. The van der Waals surface area contributed by atoms with Crippen LogP contribution in [-0.4, -0.2) is 33.3 Å². The Balaban J connectivity index is 2.32. The molecule has 2 rings (SSSR count). The zero-order valence-corrected chi connectivity index (χ0v) is 10.5. The van der Waals surface area contributed by atoms with Gasteiger partial charge in [0.1, 0.15) is 5.69 Å². The number of aryl methyl sites for hydroxylation is 1. The van der Waals surface area contributed by atoms with Crippen molar-refractivity contribution < 1.29 is 4.79 Å². The van der Waals surface area contributed by atoms with Crippen LogP contribution in [0.2, 0.25) is 0 Å². The first-order chi connectivity index (χ1) is 7.65. The number of hydrogen-bond donors (Lipinski definition) is 0. The first kappa shape index (κ1) is 11.1. The van der Waals surface area contributed by atoms with Gasteiger partial charge in [0, 0.05) is 30.4 Å². The summed E-state index contributed by atoms with van der Waals surface area (Å²) in [5.74, 6) is 0.0125. The summed E-state index contributed by atoms with van der Waals surface area (Å²) in [5, 5.41) is 0. The molecule has 0 unspecified atom stereocenters. The van der Waals surface area contributed by atoms with Crippen LogP contribution in [0.3, 0.4) is 0 Å². The molecule has 2 aromatic rings. The molecule has 0 aliphatic heterocycles. The van der Waals surface area contributed by atoms with Crippen LogP contribution in [0, 0.1) is 6.92 Å². The van der Waals surface area contributed by atoms with Gasteiger partial charge in [0.15, 0.2) is 4.96 Å². The molecule has 1 amide bonds. The second-order valence-electron chi connectivity index (χ2n) is 3.64. The van der Waals surface area contributed by atoms with Gasteiger partial charge in [-0.05, 0) is 20.8 Å². The van der Waals surface area contributed by atoms with Gasteiger partial charge in [-0.2, -0.15) is 0 Å². The van der Waals surface area contributed by atoms with E-state index >= 15 is 0 Å². The average Bonchev–Trinajstić information content (AvgIpc) is 2.76. The summed E-state index contributed by atoms with van der Waals surface area (Å²) < 4.78 is 1.91. The van der Waals surface area contributed by atoms with E-state index < -0.39 is 0 Å². The van der Waals surface area contributed by atoms with E-state index in [1.165, 1.54) is 4.88 Å². The molecular weight excluding hydrogens is 222 g/mol. The molecule has 0 radical (unpaired) electrons. The van der Waals surface area contributed by atoms with Crippen molar-refractivity contribution in [2.75, 3.05) is 13.1 Å². The monoisotopic (exact) mass is 237 g/mol. The van der Waals surface area contributed by atoms with Gasteiger partial charge in [-0.15, -0.1) is 11.3 Å². The lowest BCUT2D eigenvalue weighted by molar-refractivity contribution is 0.0768. The highest BCUT2D eigenvalue weighted by molar-refractivity contribution is 7.17. The highest BCUT2D eigenvalue weighted by atomic mass is 32.1. The van der Waals surface area contributed by atoms with Crippen LogP contribution in [-0.2, 0) is 0 Å². The normalized spacial score (nSPS) is 10.9. The van der Waals surface area contributed by atoms with Gasteiger partial charge in [0.25, 0.3) is 5.91 Å². The fourth-order valence-corrected chi connectivity index (χ4v) is 2.50. The Bertz CT molecular complexity index is 479. The molecule has 0 bridgehead atoms. The van der Waals surface area contributed by atoms with E-state index in [2.05, 4.69) is 4.98 Å². The lowest BCUT2D eigenvalue weighted by atomic mass is 10.4. The first-order valence-corrected chi connectivity index (χ1v) is 6.21. The van der Waals surface area contributed by atoms with Gasteiger partial charge in [-0.25, -0.2) is 4.98 Å². The standard InChI is InChI=1S/C11H15N3OS/c1-4-13(5-2)10(15)9-7-14-6-8(3)16-11(14)12-9/h6-7H,4-5H2,1-3H3. The molecule has 4 nitrogen and oxygen atoms in total.